The zero-order chi connectivity index (χ0) is 19.0. The highest BCUT2D eigenvalue weighted by Gasteiger charge is 2.62. The largest absolute Gasteiger partial charge is 0.378 e. The molecule has 0 bridgehead atoms. The van der Waals surface area contributed by atoms with Crippen LogP contribution in [0.4, 0.5) is 5.69 Å². The molecule has 2 amide bonds. The van der Waals surface area contributed by atoms with Crippen LogP contribution in [0, 0.1) is 5.41 Å². The molecule has 2 unspecified atom stereocenters. The number of nitrogens with two attached hydrogens (primary N) is 1. The number of rotatable bonds is 5. The number of anilines is 1. The minimum atomic E-state index is -1.03. The molecule has 6 nitrogen and oxygen atoms in total. The molecule has 2 rings (SSSR count). The summed E-state index contributed by atoms with van der Waals surface area (Å²) in [6.45, 7) is 6.36. The molecule has 3 N–H and O–H groups in total. The maximum absolute atomic E-state index is 12.8. The van der Waals surface area contributed by atoms with Crippen molar-refractivity contribution < 1.29 is 14.3 Å². The number of hydrogen-bond acceptors (Lipinski definition) is 4. The van der Waals surface area contributed by atoms with Gasteiger partial charge in [0.2, 0.25) is 5.91 Å². The number of carbonyl (C=O) groups is 2. The summed E-state index contributed by atoms with van der Waals surface area (Å²) >= 11 is 6.10. The number of benzene rings is 1. The lowest BCUT2D eigenvalue weighted by atomic mass is 9.54. The smallest absolute Gasteiger partial charge is 0.254 e. The normalized spacial score (nSPS) is 24.4. The fourth-order valence-corrected chi connectivity index (χ4v) is 3.27. The first-order valence-electron chi connectivity index (χ1n) is 8.27. The molecule has 1 aromatic rings. The highest BCUT2D eigenvalue weighted by atomic mass is 35.5. The molecule has 0 aliphatic heterocycles. The Morgan fingerprint density at radius 2 is 2.04 bits per heavy atom. The van der Waals surface area contributed by atoms with Crippen LogP contribution in [0.5, 0.6) is 0 Å². The van der Waals surface area contributed by atoms with Gasteiger partial charge in [0.05, 0.1) is 16.7 Å². The van der Waals surface area contributed by atoms with Crippen LogP contribution < -0.4 is 11.1 Å². The molecule has 0 aromatic heterocycles. The van der Waals surface area contributed by atoms with Gasteiger partial charge in [-0.3, -0.25) is 9.59 Å². The van der Waals surface area contributed by atoms with Crippen LogP contribution in [-0.4, -0.2) is 49.1 Å². The third kappa shape index (κ3) is 3.38. The van der Waals surface area contributed by atoms with E-state index < -0.39 is 11.0 Å². The van der Waals surface area contributed by atoms with Gasteiger partial charge in [-0.05, 0) is 25.1 Å². The van der Waals surface area contributed by atoms with Gasteiger partial charge in [0.25, 0.3) is 5.91 Å². The molecule has 0 saturated heterocycles. The zero-order valence-electron chi connectivity index (χ0n) is 15.4. The first-order chi connectivity index (χ1) is 11.5. The fourth-order valence-electron chi connectivity index (χ4n) is 3.07. The van der Waals surface area contributed by atoms with E-state index in [0.29, 0.717) is 29.3 Å². The fraction of sp³-hybridized carbons (Fsp3) is 0.556. The molecule has 1 aliphatic carbocycles. The SMILES string of the molecule is CCOC1CC(N)(C(=O)Nc2ccc(Cl)c(C(=O)N(C)C)c2)C1(C)C. The van der Waals surface area contributed by atoms with Gasteiger partial charge in [0.1, 0.15) is 5.54 Å². The lowest BCUT2D eigenvalue weighted by Crippen LogP contribution is -2.74. The van der Waals surface area contributed by atoms with Gasteiger partial charge in [-0.2, -0.15) is 0 Å². The van der Waals surface area contributed by atoms with E-state index in [-0.39, 0.29) is 17.9 Å². The van der Waals surface area contributed by atoms with Crippen molar-refractivity contribution in [1.82, 2.24) is 4.90 Å². The van der Waals surface area contributed by atoms with Crippen molar-refractivity contribution in [2.75, 3.05) is 26.0 Å². The van der Waals surface area contributed by atoms with Crippen molar-refractivity contribution in [2.24, 2.45) is 11.1 Å². The maximum atomic E-state index is 12.8. The number of ether oxygens (including phenoxy) is 1. The molecule has 1 fully saturated rings. The van der Waals surface area contributed by atoms with E-state index in [2.05, 4.69) is 5.32 Å². The van der Waals surface area contributed by atoms with Crippen molar-refractivity contribution in [1.29, 1.82) is 0 Å². The standard InChI is InChI=1S/C18H26ClN3O3/c1-6-25-14-10-18(20,17(14,2)3)16(24)21-11-7-8-13(19)12(9-11)15(23)22(4)5/h7-9,14H,6,10,20H2,1-5H3,(H,21,24). The number of nitrogens with zero attached hydrogens (tertiary/aromatic N) is 1. The average molecular weight is 368 g/mol. The summed E-state index contributed by atoms with van der Waals surface area (Å²) in [4.78, 5) is 26.4. The Hall–Kier alpha value is -1.63. The summed E-state index contributed by atoms with van der Waals surface area (Å²) in [5, 5.41) is 3.15. The second-order valence-corrected chi connectivity index (χ2v) is 7.60. The highest BCUT2D eigenvalue weighted by Crippen LogP contribution is 2.50. The Kier molecular flexibility index (Phi) is 5.47. The molecule has 1 aliphatic rings. The number of amides is 2. The first kappa shape index (κ1) is 19.7. The van der Waals surface area contributed by atoms with E-state index in [1.807, 2.05) is 20.8 Å². The number of nitrogens with one attached hydrogen (secondary N) is 1. The molecule has 0 radical (unpaired) electrons. The molecular formula is C18H26ClN3O3. The Labute approximate surface area is 153 Å². The predicted molar refractivity (Wildman–Crippen MR) is 98.8 cm³/mol. The molecule has 2 atom stereocenters. The number of carbonyl (C=O) groups excluding carboxylic acids is 2. The minimum absolute atomic E-state index is 0.0515. The molecular weight excluding hydrogens is 342 g/mol. The molecule has 1 saturated carbocycles. The van der Waals surface area contributed by atoms with E-state index in [9.17, 15) is 9.59 Å². The van der Waals surface area contributed by atoms with E-state index in [4.69, 9.17) is 22.1 Å². The van der Waals surface area contributed by atoms with E-state index >= 15 is 0 Å². The number of halogens is 1. The lowest BCUT2D eigenvalue weighted by molar-refractivity contribution is -0.166. The van der Waals surface area contributed by atoms with Crippen molar-refractivity contribution in [3.05, 3.63) is 28.8 Å². The van der Waals surface area contributed by atoms with E-state index in [0.717, 1.165) is 0 Å². The Morgan fingerprint density at radius 1 is 1.40 bits per heavy atom. The minimum Gasteiger partial charge on any atom is -0.378 e. The predicted octanol–water partition coefficient (Wildman–Crippen LogP) is 2.51. The zero-order valence-corrected chi connectivity index (χ0v) is 16.1. The van der Waals surface area contributed by atoms with E-state index in [1.54, 1.807) is 32.3 Å². The van der Waals surface area contributed by atoms with Crippen LogP contribution in [-0.2, 0) is 9.53 Å². The van der Waals surface area contributed by atoms with Crippen LogP contribution in [0.2, 0.25) is 5.02 Å². The van der Waals surface area contributed by atoms with Crippen molar-refractivity contribution >= 4 is 29.1 Å². The van der Waals surface area contributed by atoms with Crippen molar-refractivity contribution in [2.45, 2.75) is 38.8 Å². The topological polar surface area (TPSA) is 84.7 Å². The number of hydrogen-bond donors (Lipinski definition) is 2. The van der Waals surface area contributed by atoms with Gasteiger partial charge in [-0.1, -0.05) is 25.4 Å². The maximum Gasteiger partial charge on any atom is 0.254 e. The Bertz CT molecular complexity index is 690. The molecule has 25 heavy (non-hydrogen) atoms. The summed E-state index contributed by atoms with van der Waals surface area (Å²) in [6, 6.07) is 4.81. The van der Waals surface area contributed by atoms with Crippen LogP contribution in [0.1, 0.15) is 37.6 Å². The van der Waals surface area contributed by atoms with Crippen LogP contribution >= 0.6 is 11.6 Å². The summed E-state index contributed by atoms with van der Waals surface area (Å²) in [5.74, 6) is -0.525. The van der Waals surface area contributed by atoms with Gasteiger partial charge in [0, 0.05) is 38.2 Å². The second-order valence-electron chi connectivity index (χ2n) is 7.19. The molecule has 0 spiro atoms. The van der Waals surface area contributed by atoms with Crippen molar-refractivity contribution in [3.63, 3.8) is 0 Å². The van der Waals surface area contributed by atoms with Crippen LogP contribution in [0.15, 0.2) is 18.2 Å². The molecule has 1 aromatic carbocycles. The van der Waals surface area contributed by atoms with Crippen LogP contribution in [0.3, 0.4) is 0 Å². The summed E-state index contributed by atoms with van der Waals surface area (Å²) < 4.78 is 5.65. The second kappa shape index (κ2) is 6.94. The van der Waals surface area contributed by atoms with Crippen LogP contribution in [0.25, 0.3) is 0 Å². The lowest BCUT2D eigenvalue weighted by Gasteiger charge is -2.57. The van der Waals surface area contributed by atoms with Crippen molar-refractivity contribution in [3.8, 4) is 0 Å². The first-order valence-corrected chi connectivity index (χ1v) is 8.65. The molecule has 7 heteroatoms. The van der Waals surface area contributed by atoms with Gasteiger partial charge >= 0.3 is 0 Å². The monoisotopic (exact) mass is 367 g/mol. The quantitative estimate of drug-likeness (QED) is 0.837. The van der Waals surface area contributed by atoms with Gasteiger partial charge in [-0.25, -0.2) is 0 Å². The third-order valence-electron chi connectivity index (χ3n) is 5.10. The van der Waals surface area contributed by atoms with Gasteiger partial charge in [-0.15, -0.1) is 0 Å². The average Bonchev–Trinajstić information content (AvgIpc) is 2.55. The van der Waals surface area contributed by atoms with Gasteiger partial charge in [0.15, 0.2) is 0 Å². The summed E-state index contributed by atoms with van der Waals surface area (Å²) in [7, 11) is 3.28. The highest BCUT2D eigenvalue weighted by molar-refractivity contribution is 6.34. The Balaban J connectivity index is 2.19. The molecule has 0 heterocycles. The summed E-state index contributed by atoms with van der Waals surface area (Å²) in [5.41, 5.74) is 5.68. The Morgan fingerprint density at radius 3 is 2.56 bits per heavy atom. The van der Waals surface area contributed by atoms with Gasteiger partial charge < -0.3 is 20.7 Å². The molecule has 138 valence electrons. The van der Waals surface area contributed by atoms with E-state index in [1.165, 1.54) is 4.90 Å². The third-order valence-corrected chi connectivity index (χ3v) is 5.43. The summed E-state index contributed by atoms with van der Waals surface area (Å²) in [6.07, 6.45) is 0.404.